The third-order valence-electron chi connectivity index (χ3n) is 5.84. The molecule has 182 valence electrons. The summed E-state index contributed by atoms with van der Waals surface area (Å²) in [6, 6.07) is 4.77. The summed E-state index contributed by atoms with van der Waals surface area (Å²) in [6.45, 7) is -0.324. The number of amides is 1. The van der Waals surface area contributed by atoms with Gasteiger partial charge >= 0.3 is 6.09 Å². The molecule has 2 aromatic rings. The molecule has 1 N–H and O–H groups in total. The Morgan fingerprint density at radius 2 is 1.94 bits per heavy atom. The summed E-state index contributed by atoms with van der Waals surface area (Å²) >= 11 is 0. The molecule has 12 nitrogen and oxygen atoms in total. The number of azide groups is 1. The molecular weight excluding hydrogens is 480 g/mol. The largest absolute Gasteiger partial charge is 0.497 e. The zero-order valence-corrected chi connectivity index (χ0v) is 19.7. The Hall–Kier alpha value is -3.93. The van der Waals surface area contributed by atoms with E-state index in [1.807, 2.05) is 0 Å². The summed E-state index contributed by atoms with van der Waals surface area (Å²) in [5, 5.41) is 6.02. The van der Waals surface area contributed by atoms with Gasteiger partial charge in [-0.2, -0.15) is 8.42 Å². The second-order valence-corrected chi connectivity index (χ2v) is 9.54. The maximum absolute atomic E-state index is 13.6. The van der Waals surface area contributed by atoms with E-state index in [1.54, 1.807) is 6.07 Å². The number of fused-ring (bicyclic) bond motifs is 4. The van der Waals surface area contributed by atoms with Crippen molar-refractivity contribution in [2.24, 2.45) is 5.11 Å². The number of carbonyl (C=O) groups is 3. The minimum atomic E-state index is -3.97. The van der Waals surface area contributed by atoms with Crippen molar-refractivity contribution < 1.29 is 36.5 Å². The number of hydrogen-bond donors (Lipinski definition) is 1. The van der Waals surface area contributed by atoms with Crippen LogP contribution in [0.1, 0.15) is 54.6 Å². The van der Waals surface area contributed by atoms with Gasteiger partial charge in [-0.3, -0.25) is 13.8 Å². The number of nitrogens with one attached hydrogen (secondary N) is 1. The van der Waals surface area contributed by atoms with E-state index in [0.717, 1.165) is 6.26 Å². The lowest BCUT2D eigenvalue weighted by Crippen LogP contribution is -2.24. The van der Waals surface area contributed by atoms with Crippen LogP contribution in [0, 0.1) is 0 Å². The topological polar surface area (TPSA) is 174 Å². The van der Waals surface area contributed by atoms with Gasteiger partial charge in [-0.1, -0.05) is 5.11 Å². The van der Waals surface area contributed by atoms with Gasteiger partial charge in [0.05, 0.1) is 25.5 Å². The van der Waals surface area contributed by atoms with Crippen LogP contribution in [0.3, 0.4) is 0 Å². The van der Waals surface area contributed by atoms with Crippen molar-refractivity contribution in [3.05, 3.63) is 73.7 Å². The summed E-state index contributed by atoms with van der Waals surface area (Å²) in [4.78, 5) is 41.5. The Morgan fingerprint density at radius 1 is 1.20 bits per heavy atom. The van der Waals surface area contributed by atoms with E-state index >= 15 is 0 Å². The summed E-state index contributed by atoms with van der Waals surface area (Å²) < 4.78 is 39.3. The lowest BCUT2D eigenvalue weighted by molar-refractivity contribution is 0.0977. The SMILES string of the molecule is CNC(=O)OCc1cc2c(c3c1C(N=[N+]=[N-])C(OS(C)(=O)=O)C3)C(=O)c1cc(OC)ccc1C2=O. The number of carbonyl (C=O) groups excluding carboxylic acids is 3. The zero-order chi connectivity index (χ0) is 25.5. The first-order chi connectivity index (χ1) is 16.6. The first-order valence-electron chi connectivity index (χ1n) is 10.3. The van der Waals surface area contributed by atoms with Crippen molar-refractivity contribution >= 4 is 27.8 Å². The first kappa shape index (κ1) is 24.2. The maximum Gasteiger partial charge on any atom is 0.407 e. The highest BCUT2D eigenvalue weighted by Gasteiger charge is 2.43. The molecule has 1 amide bonds. The minimum absolute atomic E-state index is 0.0622. The van der Waals surface area contributed by atoms with Crippen LogP contribution in [-0.2, 0) is 32.1 Å². The number of benzene rings is 2. The highest BCUT2D eigenvalue weighted by molar-refractivity contribution is 7.86. The quantitative estimate of drug-likeness (QED) is 0.232. The van der Waals surface area contributed by atoms with Gasteiger partial charge in [-0.05, 0) is 46.5 Å². The fourth-order valence-corrected chi connectivity index (χ4v) is 5.10. The number of hydrogen-bond acceptors (Lipinski definition) is 9. The normalized spacial score (nSPS) is 18.1. The Bertz CT molecular complexity index is 1430. The maximum atomic E-state index is 13.6. The van der Waals surface area contributed by atoms with Crippen molar-refractivity contribution in [1.82, 2.24) is 5.32 Å². The van der Waals surface area contributed by atoms with Crippen LogP contribution in [0.15, 0.2) is 29.4 Å². The Kier molecular flexibility index (Phi) is 6.24. The van der Waals surface area contributed by atoms with Crippen LogP contribution in [0.25, 0.3) is 10.4 Å². The molecule has 2 aliphatic rings. The highest BCUT2D eigenvalue weighted by Crippen LogP contribution is 2.45. The highest BCUT2D eigenvalue weighted by atomic mass is 32.2. The van der Waals surface area contributed by atoms with E-state index in [1.165, 1.54) is 32.4 Å². The molecule has 0 heterocycles. The predicted octanol–water partition coefficient (Wildman–Crippen LogP) is 2.58. The molecular formula is C22H20N4O8S. The molecule has 2 unspecified atom stereocenters. The number of ketones is 2. The Balaban J connectivity index is 1.95. The van der Waals surface area contributed by atoms with Crippen molar-refractivity contribution in [3.8, 4) is 5.75 Å². The van der Waals surface area contributed by atoms with Crippen LogP contribution in [0.2, 0.25) is 0 Å². The van der Waals surface area contributed by atoms with Gasteiger partial charge in [-0.25, -0.2) is 4.79 Å². The number of rotatable bonds is 6. The number of methoxy groups -OCH3 is 1. The van der Waals surface area contributed by atoms with Gasteiger partial charge in [0.15, 0.2) is 11.6 Å². The van der Waals surface area contributed by atoms with Gasteiger partial charge in [-0.15, -0.1) is 0 Å². The van der Waals surface area contributed by atoms with Crippen molar-refractivity contribution in [2.45, 2.75) is 25.2 Å². The molecule has 2 atom stereocenters. The smallest absolute Gasteiger partial charge is 0.407 e. The van der Waals surface area contributed by atoms with Gasteiger partial charge in [0.25, 0.3) is 10.1 Å². The van der Waals surface area contributed by atoms with Gasteiger partial charge in [0.1, 0.15) is 12.4 Å². The molecule has 0 aliphatic heterocycles. The van der Waals surface area contributed by atoms with Crippen LogP contribution in [0.4, 0.5) is 4.79 Å². The van der Waals surface area contributed by atoms with E-state index in [9.17, 15) is 22.8 Å². The molecule has 0 fully saturated rings. The number of nitrogens with zero attached hydrogens (tertiary/aromatic N) is 3. The molecule has 35 heavy (non-hydrogen) atoms. The van der Waals surface area contributed by atoms with Crippen LogP contribution in [-0.4, -0.2) is 52.6 Å². The molecule has 4 rings (SSSR count). The molecule has 0 radical (unpaired) electrons. The zero-order valence-electron chi connectivity index (χ0n) is 18.9. The third kappa shape index (κ3) is 4.32. The molecule has 2 aliphatic carbocycles. The average Bonchev–Trinajstić information content (AvgIpc) is 3.16. The average molecular weight is 500 g/mol. The molecule has 0 saturated carbocycles. The summed E-state index contributed by atoms with van der Waals surface area (Å²) in [7, 11) is -1.17. The Morgan fingerprint density at radius 3 is 2.57 bits per heavy atom. The van der Waals surface area contributed by atoms with E-state index in [2.05, 4.69) is 15.3 Å². The lowest BCUT2D eigenvalue weighted by Gasteiger charge is -2.23. The van der Waals surface area contributed by atoms with Gasteiger partial charge < -0.3 is 14.8 Å². The molecule has 0 aromatic heterocycles. The standard InChI is InChI=1S/C22H20N4O8S/c1-24-22(29)33-9-10-6-15-18(21(28)13-7-11(32-2)4-5-12(13)20(15)27)14-8-16(34-35(3,30)31)19(17(10)14)25-26-23/h4-7,16,19H,8-9H2,1-3H3,(H,24,29). The monoisotopic (exact) mass is 500 g/mol. The summed E-state index contributed by atoms with van der Waals surface area (Å²) in [5.74, 6) is -0.525. The van der Waals surface area contributed by atoms with E-state index in [4.69, 9.17) is 19.2 Å². The summed E-state index contributed by atoms with van der Waals surface area (Å²) in [6.07, 6.45) is -1.18. The number of ether oxygens (including phenoxy) is 2. The van der Waals surface area contributed by atoms with Crippen LogP contribution >= 0.6 is 0 Å². The second kappa shape index (κ2) is 9.02. The predicted molar refractivity (Wildman–Crippen MR) is 121 cm³/mol. The lowest BCUT2D eigenvalue weighted by atomic mass is 9.79. The fourth-order valence-electron chi connectivity index (χ4n) is 4.48. The van der Waals surface area contributed by atoms with Gasteiger partial charge in [0, 0.05) is 40.6 Å². The van der Waals surface area contributed by atoms with Crippen molar-refractivity contribution in [3.63, 3.8) is 0 Å². The molecule has 13 heteroatoms. The van der Waals surface area contributed by atoms with Gasteiger partial charge in [0.2, 0.25) is 0 Å². The van der Waals surface area contributed by atoms with E-state index < -0.39 is 39.9 Å². The second-order valence-electron chi connectivity index (χ2n) is 7.94. The Labute approximate surface area is 199 Å². The first-order valence-corrected chi connectivity index (χ1v) is 12.1. The molecule has 2 aromatic carbocycles. The van der Waals surface area contributed by atoms with Crippen molar-refractivity contribution in [1.29, 1.82) is 0 Å². The van der Waals surface area contributed by atoms with Crippen LogP contribution < -0.4 is 10.1 Å². The van der Waals surface area contributed by atoms with E-state index in [0.29, 0.717) is 11.3 Å². The minimum Gasteiger partial charge on any atom is -0.497 e. The van der Waals surface area contributed by atoms with Crippen LogP contribution in [0.5, 0.6) is 5.75 Å². The number of alkyl carbamates (subject to hydrolysis) is 1. The molecule has 0 bridgehead atoms. The molecule has 0 spiro atoms. The third-order valence-corrected chi connectivity index (χ3v) is 6.44. The molecule has 0 saturated heterocycles. The summed E-state index contributed by atoms with van der Waals surface area (Å²) in [5.41, 5.74) is 10.5. The van der Waals surface area contributed by atoms with Crippen molar-refractivity contribution in [2.75, 3.05) is 20.4 Å². The fraction of sp³-hybridized carbons (Fsp3) is 0.318. The van der Waals surface area contributed by atoms with E-state index in [-0.39, 0.29) is 46.4 Å².